The van der Waals surface area contributed by atoms with E-state index in [1.165, 1.54) is 0 Å². The predicted octanol–water partition coefficient (Wildman–Crippen LogP) is 3.12. The quantitative estimate of drug-likeness (QED) is 0.789. The molecule has 0 saturated carbocycles. The number of amides is 1. The molecule has 0 aliphatic rings. The molecule has 94 valence electrons. The molecule has 0 aliphatic heterocycles. The smallest absolute Gasteiger partial charge is 0.227 e. The molecule has 0 saturated heterocycles. The summed E-state index contributed by atoms with van der Waals surface area (Å²) in [5.41, 5.74) is 9.42. The molecule has 0 fully saturated rings. The molecule has 0 aromatic heterocycles. The molecule has 1 aromatic rings. The Kier molecular flexibility index (Phi) is 4.16. The van der Waals surface area contributed by atoms with E-state index < -0.39 is 0 Å². The summed E-state index contributed by atoms with van der Waals surface area (Å²) in [6.45, 7) is 9.93. The van der Waals surface area contributed by atoms with Crippen molar-refractivity contribution >= 4 is 17.3 Å². The van der Waals surface area contributed by atoms with Crippen molar-refractivity contribution in [2.45, 2.75) is 34.6 Å². The van der Waals surface area contributed by atoms with Gasteiger partial charge in [0, 0.05) is 17.3 Å². The van der Waals surface area contributed by atoms with E-state index in [0.717, 1.165) is 22.5 Å². The van der Waals surface area contributed by atoms with E-state index >= 15 is 0 Å². The second-order valence-electron chi connectivity index (χ2n) is 5.05. The SMILES string of the molecule is Cc1cc(NC(=O)C(C)C(C)C)c(C)cc1N. The number of nitrogen functional groups attached to an aromatic ring is 1. The van der Waals surface area contributed by atoms with Crippen LogP contribution < -0.4 is 11.1 Å². The molecule has 0 aliphatic carbocycles. The number of carbonyl (C=O) groups excluding carboxylic acids is 1. The van der Waals surface area contributed by atoms with Crippen LogP contribution in [0.3, 0.4) is 0 Å². The highest BCUT2D eigenvalue weighted by atomic mass is 16.1. The first-order valence-electron chi connectivity index (χ1n) is 6.00. The lowest BCUT2D eigenvalue weighted by molar-refractivity contribution is -0.120. The zero-order valence-corrected chi connectivity index (χ0v) is 11.3. The minimum absolute atomic E-state index is 0.00672. The van der Waals surface area contributed by atoms with Gasteiger partial charge < -0.3 is 11.1 Å². The van der Waals surface area contributed by atoms with Crippen LogP contribution in [0.4, 0.5) is 11.4 Å². The van der Waals surface area contributed by atoms with Gasteiger partial charge in [0.2, 0.25) is 5.91 Å². The van der Waals surface area contributed by atoms with Crippen molar-refractivity contribution < 1.29 is 4.79 Å². The van der Waals surface area contributed by atoms with E-state index in [1.807, 2.05) is 46.8 Å². The molecule has 0 heterocycles. The molecule has 0 radical (unpaired) electrons. The van der Waals surface area contributed by atoms with Crippen molar-refractivity contribution in [2.24, 2.45) is 11.8 Å². The van der Waals surface area contributed by atoms with E-state index in [0.29, 0.717) is 5.92 Å². The summed E-state index contributed by atoms with van der Waals surface area (Å²) in [7, 11) is 0. The lowest BCUT2D eigenvalue weighted by Crippen LogP contribution is -2.24. The molecule has 17 heavy (non-hydrogen) atoms. The van der Waals surface area contributed by atoms with Crippen molar-refractivity contribution in [1.29, 1.82) is 0 Å². The van der Waals surface area contributed by atoms with Gasteiger partial charge in [-0.3, -0.25) is 4.79 Å². The molecule has 0 spiro atoms. The minimum atomic E-state index is 0.00672. The number of aryl methyl sites for hydroxylation is 2. The zero-order valence-electron chi connectivity index (χ0n) is 11.3. The van der Waals surface area contributed by atoms with E-state index in [2.05, 4.69) is 5.32 Å². The predicted molar refractivity (Wildman–Crippen MR) is 73.0 cm³/mol. The molecule has 1 atom stereocenters. The van der Waals surface area contributed by atoms with Crippen molar-refractivity contribution in [3.05, 3.63) is 23.3 Å². The van der Waals surface area contributed by atoms with Crippen molar-refractivity contribution in [1.82, 2.24) is 0 Å². The number of carbonyl (C=O) groups is 1. The van der Waals surface area contributed by atoms with E-state index in [9.17, 15) is 4.79 Å². The maximum absolute atomic E-state index is 12.0. The van der Waals surface area contributed by atoms with Crippen LogP contribution in [-0.2, 0) is 4.79 Å². The summed E-state index contributed by atoms with van der Waals surface area (Å²) in [6, 6.07) is 3.82. The lowest BCUT2D eigenvalue weighted by Gasteiger charge is -2.17. The first-order chi connectivity index (χ1) is 7.82. The number of nitrogens with two attached hydrogens (primary N) is 1. The van der Waals surface area contributed by atoms with E-state index in [4.69, 9.17) is 5.73 Å². The van der Waals surface area contributed by atoms with Crippen molar-refractivity contribution in [3.63, 3.8) is 0 Å². The van der Waals surface area contributed by atoms with E-state index in [1.54, 1.807) is 0 Å². The Bertz CT molecular complexity index is 424. The number of benzene rings is 1. The van der Waals surface area contributed by atoms with E-state index in [-0.39, 0.29) is 11.8 Å². The Morgan fingerprint density at radius 1 is 1.18 bits per heavy atom. The van der Waals surface area contributed by atoms with Gasteiger partial charge in [0.25, 0.3) is 0 Å². The number of rotatable bonds is 3. The summed E-state index contributed by atoms with van der Waals surface area (Å²) in [5, 5.41) is 2.96. The van der Waals surface area contributed by atoms with Crippen LogP contribution in [0.5, 0.6) is 0 Å². The van der Waals surface area contributed by atoms with Gasteiger partial charge in [0.05, 0.1) is 0 Å². The fourth-order valence-corrected chi connectivity index (χ4v) is 1.52. The van der Waals surface area contributed by atoms with Crippen LogP contribution in [0.2, 0.25) is 0 Å². The molecule has 1 amide bonds. The van der Waals surface area contributed by atoms with Crippen LogP contribution in [0.25, 0.3) is 0 Å². The van der Waals surface area contributed by atoms with Gasteiger partial charge in [-0.15, -0.1) is 0 Å². The summed E-state index contributed by atoms with van der Waals surface area (Å²) in [5.74, 6) is 0.407. The van der Waals surface area contributed by atoms with Gasteiger partial charge in [-0.05, 0) is 43.0 Å². The highest BCUT2D eigenvalue weighted by molar-refractivity contribution is 5.93. The fourth-order valence-electron chi connectivity index (χ4n) is 1.52. The summed E-state index contributed by atoms with van der Waals surface area (Å²) >= 11 is 0. The topological polar surface area (TPSA) is 55.1 Å². The van der Waals surface area contributed by atoms with Gasteiger partial charge in [-0.1, -0.05) is 20.8 Å². The Balaban J connectivity index is 2.89. The third kappa shape index (κ3) is 3.22. The molecule has 1 rings (SSSR count). The monoisotopic (exact) mass is 234 g/mol. The number of anilines is 2. The van der Waals surface area contributed by atoms with Crippen LogP contribution in [0.15, 0.2) is 12.1 Å². The summed E-state index contributed by atoms with van der Waals surface area (Å²) < 4.78 is 0. The van der Waals surface area contributed by atoms with Crippen molar-refractivity contribution in [3.8, 4) is 0 Å². The molecule has 1 unspecified atom stereocenters. The Morgan fingerprint density at radius 2 is 1.76 bits per heavy atom. The molecule has 3 N–H and O–H groups in total. The second-order valence-corrected chi connectivity index (χ2v) is 5.05. The van der Waals surface area contributed by atoms with Crippen LogP contribution >= 0.6 is 0 Å². The Morgan fingerprint density at radius 3 is 2.29 bits per heavy atom. The normalized spacial score (nSPS) is 12.6. The van der Waals surface area contributed by atoms with Gasteiger partial charge >= 0.3 is 0 Å². The van der Waals surface area contributed by atoms with Gasteiger partial charge in [0.15, 0.2) is 0 Å². The maximum atomic E-state index is 12.0. The van der Waals surface area contributed by atoms with Crippen LogP contribution in [-0.4, -0.2) is 5.91 Å². The number of hydrogen-bond donors (Lipinski definition) is 2. The van der Waals surface area contributed by atoms with Crippen molar-refractivity contribution in [2.75, 3.05) is 11.1 Å². The molecular weight excluding hydrogens is 212 g/mol. The Labute approximate surface area is 103 Å². The van der Waals surface area contributed by atoms with Gasteiger partial charge in [0.1, 0.15) is 0 Å². The summed E-state index contributed by atoms with van der Waals surface area (Å²) in [4.78, 5) is 12.0. The number of nitrogens with one attached hydrogen (secondary N) is 1. The maximum Gasteiger partial charge on any atom is 0.227 e. The summed E-state index contributed by atoms with van der Waals surface area (Å²) in [6.07, 6.45) is 0. The third-order valence-electron chi connectivity index (χ3n) is 3.28. The second kappa shape index (κ2) is 5.21. The average Bonchev–Trinajstić information content (AvgIpc) is 2.24. The van der Waals surface area contributed by atoms with Gasteiger partial charge in [-0.25, -0.2) is 0 Å². The third-order valence-corrected chi connectivity index (χ3v) is 3.28. The fraction of sp³-hybridized carbons (Fsp3) is 0.500. The number of hydrogen-bond acceptors (Lipinski definition) is 2. The van der Waals surface area contributed by atoms with Crippen LogP contribution in [0.1, 0.15) is 31.9 Å². The molecule has 3 nitrogen and oxygen atoms in total. The largest absolute Gasteiger partial charge is 0.399 e. The standard InChI is InChI=1S/C14H22N2O/c1-8(2)11(5)14(17)16-13-7-9(3)12(15)6-10(13)4/h6-8,11H,15H2,1-5H3,(H,16,17). The first-order valence-corrected chi connectivity index (χ1v) is 6.00. The molecular formula is C14H22N2O. The van der Waals surface area contributed by atoms with Crippen LogP contribution in [0, 0.1) is 25.7 Å². The molecule has 0 bridgehead atoms. The highest BCUT2D eigenvalue weighted by Gasteiger charge is 2.17. The highest BCUT2D eigenvalue weighted by Crippen LogP contribution is 2.23. The van der Waals surface area contributed by atoms with Gasteiger partial charge in [-0.2, -0.15) is 0 Å². The molecule has 3 heteroatoms. The zero-order chi connectivity index (χ0) is 13.2. The Hall–Kier alpha value is -1.51. The molecule has 1 aromatic carbocycles. The minimum Gasteiger partial charge on any atom is -0.399 e. The average molecular weight is 234 g/mol. The first kappa shape index (κ1) is 13.6. The lowest BCUT2D eigenvalue weighted by atomic mass is 9.97.